The second-order valence-electron chi connectivity index (χ2n) is 5.41. The van der Waals surface area contributed by atoms with Crippen LogP contribution in [0.4, 0.5) is 4.79 Å². The van der Waals surface area contributed by atoms with Crippen molar-refractivity contribution < 1.29 is 28.5 Å². The number of methoxy groups -OCH3 is 1. The minimum absolute atomic E-state index is 0.0745. The van der Waals surface area contributed by atoms with Gasteiger partial charge < -0.3 is 23.7 Å². The molecule has 0 unspecified atom stereocenters. The molecule has 0 aliphatic heterocycles. The largest absolute Gasteiger partial charge is 0.513 e. The molecule has 2 aromatic heterocycles. The van der Waals surface area contributed by atoms with E-state index < -0.39 is 6.16 Å². The number of nitrogens with zero attached hydrogens (tertiary/aromatic N) is 1. The number of rotatable bonds is 6. The average Bonchev–Trinajstić information content (AvgIpc) is 2.99. The van der Waals surface area contributed by atoms with Crippen LogP contribution in [0.2, 0.25) is 0 Å². The Bertz CT molecular complexity index is 883. The number of aryl methyl sites for hydroxylation is 1. The highest BCUT2D eigenvalue weighted by Crippen LogP contribution is 2.25. The SMILES string of the molecule is COc1ccc(-c2ccc(OCc3cc(OC(=O)O)oc3C)cc2)nc1. The molecular weight excluding hydrogens is 338 g/mol. The van der Waals surface area contributed by atoms with E-state index in [0.717, 1.165) is 11.3 Å². The zero-order valence-corrected chi connectivity index (χ0v) is 14.3. The molecule has 0 amide bonds. The Kier molecular flexibility index (Phi) is 5.07. The molecule has 0 fully saturated rings. The number of hydrogen-bond acceptors (Lipinski definition) is 6. The van der Waals surface area contributed by atoms with Crippen LogP contribution in [0.25, 0.3) is 11.3 Å². The molecular formula is C19H17NO6. The number of carboxylic acid groups (broad SMARTS) is 1. The first-order valence-corrected chi connectivity index (χ1v) is 7.78. The molecule has 0 spiro atoms. The van der Waals surface area contributed by atoms with Gasteiger partial charge in [0.25, 0.3) is 5.95 Å². The normalized spacial score (nSPS) is 10.4. The molecule has 7 nitrogen and oxygen atoms in total. The molecule has 0 aliphatic carbocycles. The highest BCUT2D eigenvalue weighted by Gasteiger charge is 2.12. The van der Waals surface area contributed by atoms with E-state index in [-0.39, 0.29) is 12.6 Å². The second-order valence-corrected chi connectivity index (χ2v) is 5.41. The van der Waals surface area contributed by atoms with Gasteiger partial charge in [0.1, 0.15) is 23.9 Å². The van der Waals surface area contributed by atoms with Gasteiger partial charge >= 0.3 is 6.16 Å². The summed E-state index contributed by atoms with van der Waals surface area (Å²) in [5.74, 6) is 1.84. The molecule has 0 saturated heterocycles. The highest BCUT2D eigenvalue weighted by atomic mass is 16.7. The minimum Gasteiger partial charge on any atom is -0.495 e. The number of aromatic nitrogens is 1. The molecule has 3 aromatic rings. The quantitative estimate of drug-likeness (QED) is 0.659. The number of benzene rings is 1. The lowest BCUT2D eigenvalue weighted by Gasteiger charge is -2.07. The van der Waals surface area contributed by atoms with Gasteiger partial charge in [-0.25, -0.2) is 4.79 Å². The summed E-state index contributed by atoms with van der Waals surface area (Å²) in [6.07, 6.45) is 0.243. The van der Waals surface area contributed by atoms with Crippen molar-refractivity contribution >= 4 is 6.16 Å². The molecule has 0 radical (unpaired) electrons. The highest BCUT2D eigenvalue weighted by molar-refractivity contribution is 5.61. The lowest BCUT2D eigenvalue weighted by atomic mass is 10.1. The Morgan fingerprint density at radius 2 is 1.88 bits per heavy atom. The summed E-state index contributed by atoms with van der Waals surface area (Å²) in [5.41, 5.74) is 2.50. The topological polar surface area (TPSA) is 91.0 Å². The molecule has 7 heteroatoms. The van der Waals surface area contributed by atoms with E-state index in [0.29, 0.717) is 22.8 Å². The first-order chi connectivity index (χ1) is 12.5. The van der Waals surface area contributed by atoms with Crippen LogP contribution >= 0.6 is 0 Å². The monoisotopic (exact) mass is 355 g/mol. The van der Waals surface area contributed by atoms with Crippen molar-refractivity contribution in [2.45, 2.75) is 13.5 Å². The predicted octanol–water partition coefficient (Wildman–Crippen LogP) is 4.29. The third-order valence-corrected chi connectivity index (χ3v) is 3.70. The maximum atomic E-state index is 10.5. The number of hydrogen-bond donors (Lipinski definition) is 1. The van der Waals surface area contributed by atoms with Crippen LogP contribution < -0.4 is 14.2 Å². The first-order valence-electron chi connectivity index (χ1n) is 7.78. The Labute approximate surface area is 149 Å². The maximum absolute atomic E-state index is 10.5. The summed E-state index contributed by atoms with van der Waals surface area (Å²) in [7, 11) is 1.60. The van der Waals surface area contributed by atoms with Gasteiger partial charge in [0, 0.05) is 17.2 Å². The van der Waals surface area contributed by atoms with Crippen LogP contribution in [0.3, 0.4) is 0 Å². The molecule has 0 aliphatic rings. The van der Waals surface area contributed by atoms with Gasteiger partial charge in [-0.2, -0.15) is 0 Å². The molecule has 0 bridgehead atoms. The van der Waals surface area contributed by atoms with Gasteiger partial charge in [-0.15, -0.1) is 0 Å². The summed E-state index contributed by atoms with van der Waals surface area (Å²) in [4.78, 5) is 14.9. The Morgan fingerprint density at radius 3 is 2.50 bits per heavy atom. The Morgan fingerprint density at radius 1 is 1.15 bits per heavy atom. The van der Waals surface area contributed by atoms with Crippen molar-refractivity contribution in [3.8, 4) is 28.7 Å². The summed E-state index contributed by atoms with van der Waals surface area (Å²) in [5, 5.41) is 8.60. The lowest BCUT2D eigenvalue weighted by molar-refractivity contribution is 0.132. The van der Waals surface area contributed by atoms with E-state index in [4.69, 9.17) is 19.0 Å². The average molecular weight is 355 g/mol. The van der Waals surface area contributed by atoms with Gasteiger partial charge in [0.15, 0.2) is 0 Å². The first kappa shape index (κ1) is 17.3. The van der Waals surface area contributed by atoms with Gasteiger partial charge in [0.05, 0.1) is 19.0 Å². The number of ether oxygens (including phenoxy) is 3. The van der Waals surface area contributed by atoms with Crippen LogP contribution in [0, 0.1) is 6.92 Å². The lowest BCUT2D eigenvalue weighted by Crippen LogP contribution is -2.01. The zero-order valence-electron chi connectivity index (χ0n) is 14.3. The molecule has 3 rings (SSSR count). The van der Waals surface area contributed by atoms with E-state index in [1.165, 1.54) is 6.07 Å². The van der Waals surface area contributed by atoms with Gasteiger partial charge in [-0.05, 0) is 43.3 Å². The second kappa shape index (κ2) is 7.60. The third kappa shape index (κ3) is 4.13. The van der Waals surface area contributed by atoms with Crippen LogP contribution in [-0.2, 0) is 6.61 Å². The smallest absolute Gasteiger partial charge is 0.495 e. The molecule has 1 aromatic carbocycles. The molecule has 26 heavy (non-hydrogen) atoms. The van der Waals surface area contributed by atoms with Gasteiger partial charge in [0.2, 0.25) is 0 Å². The van der Waals surface area contributed by atoms with Gasteiger partial charge in [-0.1, -0.05) is 0 Å². The van der Waals surface area contributed by atoms with E-state index >= 15 is 0 Å². The summed E-state index contributed by atoms with van der Waals surface area (Å²) >= 11 is 0. The standard InChI is InChI=1S/C19H17NO6/c1-12-14(9-18(25-12)26-19(21)22)11-24-15-5-3-13(4-6-15)17-8-7-16(23-2)10-20-17/h3-10H,11H2,1-2H3,(H,21,22). The fraction of sp³-hybridized carbons (Fsp3) is 0.158. The summed E-state index contributed by atoms with van der Waals surface area (Å²) < 4.78 is 20.5. The molecule has 0 saturated carbocycles. The van der Waals surface area contributed by atoms with Crippen molar-refractivity contribution in [2.75, 3.05) is 7.11 Å². The van der Waals surface area contributed by atoms with Crippen LogP contribution in [0.1, 0.15) is 11.3 Å². The number of pyridine rings is 1. The Balaban J connectivity index is 1.64. The van der Waals surface area contributed by atoms with Crippen molar-refractivity contribution in [1.82, 2.24) is 4.98 Å². The molecule has 134 valence electrons. The van der Waals surface area contributed by atoms with Gasteiger partial charge in [-0.3, -0.25) is 4.98 Å². The van der Waals surface area contributed by atoms with E-state index in [2.05, 4.69) is 9.72 Å². The molecule has 1 N–H and O–H groups in total. The van der Waals surface area contributed by atoms with Crippen molar-refractivity contribution in [3.63, 3.8) is 0 Å². The fourth-order valence-electron chi connectivity index (χ4n) is 2.32. The summed E-state index contributed by atoms with van der Waals surface area (Å²) in [6.45, 7) is 1.95. The fourth-order valence-corrected chi connectivity index (χ4v) is 2.32. The molecule has 0 atom stereocenters. The minimum atomic E-state index is -1.42. The number of furan rings is 1. The van der Waals surface area contributed by atoms with E-state index in [1.54, 1.807) is 20.2 Å². The van der Waals surface area contributed by atoms with Crippen molar-refractivity contribution in [2.24, 2.45) is 0 Å². The third-order valence-electron chi connectivity index (χ3n) is 3.70. The van der Waals surface area contributed by atoms with Crippen LogP contribution in [0.5, 0.6) is 17.4 Å². The predicted molar refractivity (Wildman–Crippen MR) is 92.7 cm³/mol. The maximum Gasteiger partial charge on any atom is 0.513 e. The van der Waals surface area contributed by atoms with Crippen molar-refractivity contribution in [3.05, 3.63) is 60.0 Å². The number of carbonyl (C=O) groups is 1. The Hall–Kier alpha value is -3.48. The van der Waals surface area contributed by atoms with E-state index in [1.807, 2.05) is 36.4 Å². The van der Waals surface area contributed by atoms with Crippen LogP contribution in [0.15, 0.2) is 53.1 Å². The molecule has 2 heterocycles. The zero-order chi connectivity index (χ0) is 18.5. The van der Waals surface area contributed by atoms with E-state index in [9.17, 15) is 4.79 Å². The van der Waals surface area contributed by atoms with Crippen molar-refractivity contribution in [1.29, 1.82) is 0 Å². The van der Waals surface area contributed by atoms with Crippen LogP contribution in [-0.4, -0.2) is 23.4 Å². The summed E-state index contributed by atoms with van der Waals surface area (Å²) in [6, 6.07) is 12.7.